The van der Waals surface area contributed by atoms with E-state index in [-0.39, 0.29) is 12.5 Å². The lowest BCUT2D eigenvalue weighted by atomic mass is 9.90. The van der Waals surface area contributed by atoms with E-state index in [9.17, 15) is 9.59 Å². The molecule has 1 atom stereocenters. The molecule has 0 bridgehead atoms. The minimum Gasteiger partial charge on any atom is -0.481 e. The molecule has 86 valence electrons. The number of thiazole rings is 1. The van der Waals surface area contributed by atoms with Crippen molar-refractivity contribution in [1.29, 1.82) is 0 Å². The van der Waals surface area contributed by atoms with E-state index >= 15 is 0 Å². The quantitative estimate of drug-likeness (QED) is 0.839. The third kappa shape index (κ3) is 1.80. The first-order valence-corrected chi connectivity index (χ1v) is 5.88. The van der Waals surface area contributed by atoms with Gasteiger partial charge in [-0.1, -0.05) is 0 Å². The summed E-state index contributed by atoms with van der Waals surface area (Å²) in [6.45, 7) is 2.42. The van der Waals surface area contributed by atoms with E-state index in [0.29, 0.717) is 18.7 Å². The normalized spacial score (nSPS) is 24.7. The number of likely N-dealkylation sites (tertiary alicyclic amines) is 1. The van der Waals surface area contributed by atoms with Crippen LogP contribution in [0, 0.1) is 5.41 Å². The topological polar surface area (TPSA) is 70.5 Å². The molecule has 0 unspecified atom stereocenters. The summed E-state index contributed by atoms with van der Waals surface area (Å²) < 4.78 is 0. The van der Waals surface area contributed by atoms with Gasteiger partial charge in [0.1, 0.15) is 5.69 Å². The molecular formula is C10H12N2O3S. The first kappa shape index (κ1) is 11.1. The van der Waals surface area contributed by atoms with Crippen LogP contribution in [0.4, 0.5) is 0 Å². The molecule has 1 fully saturated rings. The van der Waals surface area contributed by atoms with Crippen LogP contribution in [0.15, 0.2) is 10.9 Å². The third-order valence-corrected chi connectivity index (χ3v) is 3.51. The average molecular weight is 240 g/mol. The smallest absolute Gasteiger partial charge is 0.311 e. The second-order valence-corrected chi connectivity index (χ2v) is 4.93. The fourth-order valence-corrected chi connectivity index (χ4v) is 2.31. The highest BCUT2D eigenvalue weighted by molar-refractivity contribution is 7.07. The molecule has 1 saturated heterocycles. The van der Waals surface area contributed by atoms with Gasteiger partial charge >= 0.3 is 5.97 Å². The number of carbonyl (C=O) groups excluding carboxylic acids is 1. The molecule has 0 radical (unpaired) electrons. The van der Waals surface area contributed by atoms with Crippen molar-refractivity contribution < 1.29 is 14.7 Å². The molecule has 1 aromatic heterocycles. The molecule has 1 aromatic rings. The van der Waals surface area contributed by atoms with E-state index in [2.05, 4.69) is 4.98 Å². The number of aromatic nitrogens is 1. The van der Waals surface area contributed by atoms with Crippen molar-refractivity contribution in [1.82, 2.24) is 9.88 Å². The van der Waals surface area contributed by atoms with Gasteiger partial charge in [-0.05, 0) is 13.3 Å². The lowest BCUT2D eigenvalue weighted by Crippen LogP contribution is -2.34. The minimum atomic E-state index is -0.846. The van der Waals surface area contributed by atoms with Crippen LogP contribution in [0.25, 0.3) is 0 Å². The van der Waals surface area contributed by atoms with E-state index < -0.39 is 11.4 Å². The molecular weight excluding hydrogens is 228 g/mol. The zero-order chi connectivity index (χ0) is 11.8. The lowest BCUT2D eigenvalue weighted by Gasteiger charge is -2.19. The average Bonchev–Trinajstić information content (AvgIpc) is 2.85. The van der Waals surface area contributed by atoms with E-state index in [1.807, 2.05) is 0 Å². The summed E-state index contributed by atoms with van der Waals surface area (Å²) in [7, 11) is 0. The van der Waals surface area contributed by atoms with E-state index in [4.69, 9.17) is 5.11 Å². The highest BCUT2D eigenvalue weighted by Crippen LogP contribution is 2.30. The Kier molecular flexibility index (Phi) is 2.67. The van der Waals surface area contributed by atoms with Crippen molar-refractivity contribution in [3.8, 4) is 0 Å². The summed E-state index contributed by atoms with van der Waals surface area (Å²) in [6.07, 6.45) is 0.498. The molecule has 16 heavy (non-hydrogen) atoms. The SMILES string of the molecule is C[C@]1(C(=O)O)CCN(C(=O)c2cscn2)C1. The van der Waals surface area contributed by atoms with Crippen molar-refractivity contribution in [2.45, 2.75) is 13.3 Å². The fraction of sp³-hybridized carbons (Fsp3) is 0.500. The molecule has 0 aromatic carbocycles. The molecule has 1 N–H and O–H groups in total. The van der Waals surface area contributed by atoms with Crippen LogP contribution in [-0.2, 0) is 4.79 Å². The van der Waals surface area contributed by atoms with Crippen molar-refractivity contribution in [3.05, 3.63) is 16.6 Å². The molecule has 1 aliphatic rings. The maximum atomic E-state index is 11.9. The summed E-state index contributed by atoms with van der Waals surface area (Å²) in [5.74, 6) is -1.02. The van der Waals surface area contributed by atoms with Gasteiger partial charge in [0.2, 0.25) is 0 Å². The summed E-state index contributed by atoms with van der Waals surface area (Å²) in [6, 6.07) is 0. The predicted molar refractivity (Wildman–Crippen MR) is 58.4 cm³/mol. The summed E-state index contributed by atoms with van der Waals surface area (Å²) >= 11 is 1.36. The zero-order valence-electron chi connectivity index (χ0n) is 8.84. The molecule has 6 heteroatoms. The van der Waals surface area contributed by atoms with Crippen LogP contribution < -0.4 is 0 Å². The molecule has 0 spiro atoms. The number of nitrogens with zero attached hydrogens (tertiary/aromatic N) is 2. The molecule has 0 saturated carbocycles. The minimum absolute atomic E-state index is 0.175. The van der Waals surface area contributed by atoms with Crippen LogP contribution in [-0.4, -0.2) is 40.0 Å². The first-order valence-electron chi connectivity index (χ1n) is 4.94. The second kappa shape index (κ2) is 3.86. The number of hydrogen-bond donors (Lipinski definition) is 1. The highest BCUT2D eigenvalue weighted by Gasteiger charge is 2.42. The predicted octanol–water partition coefficient (Wildman–Crippen LogP) is 1.08. The zero-order valence-corrected chi connectivity index (χ0v) is 9.66. The number of aliphatic carboxylic acids is 1. The van der Waals surface area contributed by atoms with Crippen molar-refractivity contribution in [2.75, 3.05) is 13.1 Å². The standard InChI is InChI=1S/C10H12N2O3S/c1-10(9(14)15)2-3-12(5-10)8(13)7-4-16-6-11-7/h4,6H,2-3,5H2,1H3,(H,14,15)/t10-/m0/s1. The van der Waals surface area contributed by atoms with Gasteiger partial charge in [0.15, 0.2) is 0 Å². The van der Waals surface area contributed by atoms with Crippen LogP contribution in [0.5, 0.6) is 0 Å². The third-order valence-electron chi connectivity index (χ3n) is 2.93. The largest absolute Gasteiger partial charge is 0.481 e. The van der Waals surface area contributed by atoms with Crippen LogP contribution in [0.3, 0.4) is 0 Å². The highest BCUT2D eigenvalue weighted by atomic mass is 32.1. The Morgan fingerprint density at radius 1 is 1.62 bits per heavy atom. The Labute approximate surface area is 96.7 Å². The van der Waals surface area contributed by atoms with Gasteiger partial charge in [0, 0.05) is 18.5 Å². The molecule has 2 heterocycles. The molecule has 2 rings (SSSR count). The van der Waals surface area contributed by atoms with Crippen LogP contribution in [0.1, 0.15) is 23.8 Å². The Morgan fingerprint density at radius 3 is 2.88 bits per heavy atom. The number of carboxylic acids is 1. The van der Waals surface area contributed by atoms with E-state index in [0.717, 1.165) is 0 Å². The van der Waals surface area contributed by atoms with Crippen LogP contribution >= 0.6 is 11.3 Å². The monoisotopic (exact) mass is 240 g/mol. The molecule has 1 amide bonds. The van der Waals surface area contributed by atoms with Gasteiger partial charge in [-0.3, -0.25) is 9.59 Å². The Morgan fingerprint density at radius 2 is 2.38 bits per heavy atom. The van der Waals surface area contributed by atoms with Gasteiger partial charge in [-0.25, -0.2) is 4.98 Å². The van der Waals surface area contributed by atoms with E-state index in [1.165, 1.54) is 11.3 Å². The van der Waals surface area contributed by atoms with Gasteiger partial charge in [-0.2, -0.15) is 0 Å². The first-order chi connectivity index (χ1) is 7.53. The van der Waals surface area contributed by atoms with Crippen LogP contribution in [0.2, 0.25) is 0 Å². The maximum Gasteiger partial charge on any atom is 0.311 e. The number of hydrogen-bond acceptors (Lipinski definition) is 4. The summed E-state index contributed by atoms with van der Waals surface area (Å²) in [5, 5.41) is 10.7. The number of amides is 1. The van der Waals surface area contributed by atoms with Gasteiger partial charge in [0.05, 0.1) is 10.9 Å². The number of carbonyl (C=O) groups is 2. The Bertz CT molecular complexity index is 418. The second-order valence-electron chi connectivity index (χ2n) is 4.22. The van der Waals surface area contributed by atoms with Gasteiger partial charge in [-0.15, -0.1) is 11.3 Å². The molecule has 1 aliphatic heterocycles. The maximum absolute atomic E-state index is 11.9. The van der Waals surface area contributed by atoms with Crippen molar-refractivity contribution >= 4 is 23.2 Å². The molecule has 0 aliphatic carbocycles. The Balaban J connectivity index is 2.10. The van der Waals surface area contributed by atoms with E-state index in [1.54, 1.807) is 22.7 Å². The van der Waals surface area contributed by atoms with Crippen molar-refractivity contribution in [3.63, 3.8) is 0 Å². The Hall–Kier alpha value is -1.43. The lowest BCUT2D eigenvalue weighted by molar-refractivity contribution is -0.147. The number of carboxylic acid groups (broad SMARTS) is 1. The van der Waals surface area contributed by atoms with Crippen molar-refractivity contribution in [2.24, 2.45) is 5.41 Å². The van der Waals surface area contributed by atoms with Gasteiger partial charge in [0.25, 0.3) is 5.91 Å². The number of rotatable bonds is 2. The summed E-state index contributed by atoms with van der Waals surface area (Å²) in [4.78, 5) is 28.4. The fourth-order valence-electron chi connectivity index (χ4n) is 1.79. The summed E-state index contributed by atoms with van der Waals surface area (Å²) in [5.41, 5.74) is 1.19. The van der Waals surface area contributed by atoms with Gasteiger partial charge < -0.3 is 10.0 Å². The molecule has 5 nitrogen and oxygen atoms in total.